The molecule has 4 rings (SSSR count). The van der Waals surface area contributed by atoms with Gasteiger partial charge in [0.25, 0.3) is 5.91 Å². The Labute approximate surface area is 216 Å². The topological polar surface area (TPSA) is 108 Å². The summed E-state index contributed by atoms with van der Waals surface area (Å²) in [5.74, 6) is -6.90. The Hall–Kier alpha value is -3.76. The lowest BCUT2D eigenvalue weighted by molar-refractivity contribution is -0.154. The lowest BCUT2D eigenvalue weighted by Crippen LogP contribution is -2.47. The molecule has 2 aromatic rings. The summed E-state index contributed by atoms with van der Waals surface area (Å²) in [5, 5.41) is 14.5. The van der Waals surface area contributed by atoms with E-state index in [9.17, 15) is 37.1 Å². The second-order valence-corrected chi connectivity index (χ2v) is 9.79. The molecule has 2 amide bonds. The molecule has 2 aromatic carbocycles. The van der Waals surface area contributed by atoms with E-state index < -0.39 is 60.6 Å². The molecule has 0 radical (unpaired) electrons. The highest BCUT2D eigenvalue weighted by molar-refractivity contribution is 6.20. The first-order valence-corrected chi connectivity index (χ1v) is 12.3. The first-order chi connectivity index (χ1) is 17.9. The van der Waals surface area contributed by atoms with Gasteiger partial charge in [0.2, 0.25) is 12.1 Å². The number of carbonyl (C=O) groups is 3. The predicted octanol–water partition coefficient (Wildman–Crippen LogP) is 4.83. The quantitative estimate of drug-likeness (QED) is 0.402. The van der Waals surface area contributed by atoms with Crippen molar-refractivity contribution in [2.45, 2.75) is 51.4 Å². The standard InChI is InChI=1S/C27H27F4N3O4/c1-14-5-9-16(10-6-14)21-18-3-2-4-20(28)22(18)33-25(36)23(32-21)34-24(35)17(11-12-27(29,30)31)19(26(37)38)13-15-7-8-15/h2-6,9-10,15,17,19,23H,7-8,11-13H2,1H3,(H,33,36)(H,34,35)(H,37,38)/t17-,19+,23+/m1/s1. The normalized spacial score (nSPS) is 18.9. The van der Waals surface area contributed by atoms with Crippen LogP contribution >= 0.6 is 0 Å². The monoisotopic (exact) mass is 533 g/mol. The molecule has 0 saturated heterocycles. The lowest BCUT2D eigenvalue weighted by atomic mass is 9.83. The van der Waals surface area contributed by atoms with Gasteiger partial charge in [-0.15, -0.1) is 0 Å². The highest BCUT2D eigenvalue weighted by Gasteiger charge is 2.41. The fourth-order valence-corrected chi connectivity index (χ4v) is 4.56. The van der Waals surface area contributed by atoms with E-state index in [4.69, 9.17) is 0 Å². The molecule has 0 unspecified atom stereocenters. The van der Waals surface area contributed by atoms with Crippen molar-refractivity contribution < 1.29 is 37.1 Å². The number of aryl methyl sites for hydroxylation is 1. The molecule has 3 atom stereocenters. The number of carboxylic acids is 1. The number of alkyl halides is 3. The number of anilines is 1. The number of aliphatic imine (C=N–C) groups is 1. The number of fused-ring (bicyclic) bond motifs is 1. The molecule has 0 bridgehead atoms. The van der Waals surface area contributed by atoms with Crippen LogP contribution in [0.2, 0.25) is 0 Å². The van der Waals surface area contributed by atoms with Crippen LogP contribution in [0.3, 0.4) is 0 Å². The molecule has 7 nitrogen and oxygen atoms in total. The molecule has 1 aliphatic heterocycles. The summed E-state index contributed by atoms with van der Waals surface area (Å²) in [5.41, 5.74) is 1.74. The number of halogens is 4. The van der Waals surface area contributed by atoms with Crippen molar-refractivity contribution >= 4 is 29.2 Å². The second-order valence-electron chi connectivity index (χ2n) is 9.79. The van der Waals surface area contributed by atoms with Crippen molar-refractivity contribution in [2.75, 3.05) is 5.32 Å². The van der Waals surface area contributed by atoms with Gasteiger partial charge >= 0.3 is 12.1 Å². The zero-order valence-corrected chi connectivity index (χ0v) is 20.5. The van der Waals surface area contributed by atoms with E-state index in [1.165, 1.54) is 6.07 Å². The number of benzene rings is 2. The van der Waals surface area contributed by atoms with Gasteiger partial charge < -0.3 is 15.7 Å². The zero-order valence-electron chi connectivity index (χ0n) is 20.5. The van der Waals surface area contributed by atoms with E-state index in [2.05, 4.69) is 15.6 Å². The van der Waals surface area contributed by atoms with Gasteiger partial charge in [0.1, 0.15) is 5.82 Å². The number of para-hydroxylation sites is 1. The minimum Gasteiger partial charge on any atom is -0.481 e. The average Bonchev–Trinajstić information content (AvgIpc) is 3.67. The molecule has 38 heavy (non-hydrogen) atoms. The third-order valence-corrected chi connectivity index (χ3v) is 6.79. The first kappa shape index (κ1) is 27.3. The molecule has 11 heteroatoms. The van der Waals surface area contributed by atoms with E-state index >= 15 is 0 Å². The fraction of sp³-hybridized carbons (Fsp3) is 0.407. The van der Waals surface area contributed by atoms with Crippen molar-refractivity contribution in [3.8, 4) is 0 Å². The van der Waals surface area contributed by atoms with Gasteiger partial charge in [-0.3, -0.25) is 14.4 Å². The molecule has 1 fully saturated rings. The van der Waals surface area contributed by atoms with Crippen molar-refractivity contribution in [1.29, 1.82) is 0 Å². The van der Waals surface area contributed by atoms with Crippen molar-refractivity contribution in [2.24, 2.45) is 22.7 Å². The summed E-state index contributed by atoms with van der Waals surface area (Å²) < 4.78 is 53.8. The Morgan fingerprint density at radius 1 is 1.13 bits per heavy atom. The van der Waals surface area contributed by atoms with Gasteiger partial charge in [0.15, 0.2) is 0 Å². The predicted molar refractivity (Wildman–Crippen MR) is 131 cm³/mol. The summed E-state index contributed by atoms with van der Waals surface area (Å²) in [6, 6.07) is 11.1. The van der Waals surface area contributed by atoms with Crippen LogP contribution in [-0.2, 0) is 14.4 Å². The average molecular weight is 534 g/mol. The summed E-state index contributed by atoms with van der Waals surface area (Å²) in [7, 11) is 0. The second kappa shape index (κ2) is 10.9. The van der Waals surface area contributed by atoms with E-state index in [0.29, 0.717) is 5.56 Å². The van der Waals surface area contributed by atoms with Gasteiger partial charge in [0.05, 0.1) is 23.2 Å². The number of nitrogens with one attached hydrogen (secondary N) is 2. The Bertz CT molecular complexity index is 1260. The number of nitrogens with zero attached hydrogens (tertiary/aromatic N) is 1. The van der Waals surface area contributed by atoms with Crippen LogP contribution in [0.15, 0.2) is 47.5 Å². The lowest BCUT2D eigenvalue weighted by Gasteiger charge is -2.25. The fourth-order valence-electron chi connectivity index (χ4n) is 4.56. The molecule has 0 spiro atoms. The summed E-state index contributed by atoms with van der Waals surface area (Å²) >= 11 is 0. The van der Waals surface area contributed by atoms with Gasteiger partial charge in [0, 0.05) is 17.5 Å². The first-order valence-electron chi connectivity index (χ1n) is 12.3. The number of rotatable bonds is 9. The Morgan fingerprint density at radius 3 is 2.42 bits per heavy atom. The number of benzodiazepines with no additional fused rings is 1. The number of carboxylic acid groups (broad SMARTS) is 1. The maximum absolute atomic E-state index is 14.7. The molecule has 1 aliphatic carbocycles. The third kappa shape index (κ3) is 6.56. The van der Waals surface area contributed by atoms with Crippen molar-refractivity contribution in [1.82, 2.24) is 5.32 Å². The van der Waals surface area contributed by atoms with E-state index in [0.717, 1.165) is 24.5 Å². The maximum atomic E-state index is 14.7. The van der Waals surface area contributed by atoms with Crippen LogP contribution in [0.5, 0.6) is 0 Å². The number of amides is 2. The highest BCUT2D eigenvalue weighted by Crippen LogP contribution is 2.39. The van der Waals surface area contributed by atoms with Gasteiger partial charge in [-0.05, 0) is 31.7 Å². The van der Waals surface area contributed by atoms with Crippen LogP contribution in [0.1, 0.15) is 48.8 Å². The summed E-state index contributed by atoms with van der Waals surface area (Å²) in [4.78, 5) is 42.7. The van der Waals surface area contributed by atoms with Gasteiger partial charge in [-0.1, -0.05) is 54.8 Å². The largest absolute Gasteiger partial charge is 0.481 e. The smallest absolute Gasteiger partial charge is 0.389 e. The van der Waals surface area contributed by atoms with Gasteiger partial charge in [-0.25, -0.2) is 9.38 Å². The maximum Gasteiger partial charge on any atom is 0.389 e. The molecular formula is C27H27F4N3O4. The number of aliphatic carboxylic acids is 1. The summed E-state index contributed by atoms with van der Waals surface area (Å²) in [6.45, 7) is 1.86. The molecule has 1 saturated carbocycles. The molecule has 0 aromatic heterocycles. The van der Waals surface area contributed by atoms with Crippen LogP contribution in [0.25, 0.3) is 0 Å². The Kier molecular flexibility index (Phi) is 7.84. The van der Waals surface area contributed by atoms with E-state index in [1.54, 1.807) is 30.3 Å². The van der Waals surface area contributed by atoms with Crippen molar-refractivity contribution in [3.05, 3.63) is 65.0 Å². The molecule has 2 aliphatic rings. The van der Waals surface area contributed by atoms with Gasteiger partial charge in [-0.2, -0.15) is 13.2 Å². The van der Waals surface area contributed by atoms with Crippen LogP contribution in [-0.4, -0.2) is 40.9 Å². The van der Waals surface area contributed by atoms with E-state index in [-0.39, 0.29) is 29.3 Å². The third-order valence-electron chi connectivity index (χ3n) is 6.79. The van der Waals surface area contributed by atoms with Crippen LogP contribution < -0.4 is 10.6 Å². The highest BCUT2D eigenvalue weighted by atomic mass is 19.4. The molecule has 1 heterocycles. The Morgan fingerprint density at radius 2 is 1.82 bits per heavy atom. The minimum atomic E-state index is -4.60. The number of hydrogen-bond acceptors (Lipinski definition) is 4. The van der Waals surface area contributed by atoms with Crippen LogP contribution in [0, 0.1) is 30.5 Å². The Balaban J connectivity index is 1.69. The summed E-state index contributed by atoms with van der Waals surface area (Å²) in [6.07, 6.45) is -6.78. The SMILES string of the molecule is Cc1ccc(C2=N[C@@H](NC(=O)[C@H](CCC(F)(F)F)[C@H](CC3CC3)C(=O)O)C(=O)Nc3c(F)cccc32)cc1. The zero-order chi connectivity index (χ0) is 27.6. The van der Waals surface area contributed by atoms with Crippen LogP contribution in [0.4, 0.5) is 23.2 Å². The van der Waals surface area contributed by atoms with Crippen molar-refractivity contribution in [3.63, 3.8) is 0 Å². The molecular weight excluding hydrogens is 506 g/mol. The molecule has 3 N–H and O–H groups in total. The minimum absolute atomic E-state index is 0.0297. The number of hydrogen-bond donors (Lipinski definition) is 3. The molecule has 202 valence electrons. The van der Waals surface area contributed by atoms with E-state index in [1.807, 2.05) is 6.92 Å². The number of carbonyl (C=O) groups excluding carboxylic acids is 2.